The Hall–Kier alpha value is -0.230. The van der Waals surface area contributed by atoms with Crippen LogP contribution in [0.25, 0.3) is 0 Å². The standard InChI is InChI=1S/C9H19FN2OP/c1-8(2)12(9(3)4)14(10,13)7-5-6-11/h8-9,13H,5,7H2,1-4H3/q+1. The van der Waals surface area contributed by atoms with E-state index in [-0.39, 0.29) is 24.7 Å². The van der Waals surface area contributed by atoms with Crippen LogP contribution in [0.1, 0.15) is 34.1 Å². The molecule has 1 atom stereocenters. The van der Waals surface area contributed by atoms with E-state index in [1.165, 1.54) is 4.67 Å². The van der Waals surface area contributed by atoms with E-state index >= 15 is 0 Å². The van der Waals surface area contributed by atoms with Gasteiger partial charge in [-0.05, 0) is 31.9 Å². The average Bonchev–Trinajstić information content (AvgIpc) is 1.98. The van der Waals surface area contributed by atoms with Gasteiger partial charge in [0.25, 0.3) is 0 Å². The fourth-order valence-corrected chi connectivity index (χ4v) is 3.64. The summed E-state index contributed by atoms with van der Waals surface area (Å²) in [7, 11) is -3.57. The number of nitrogens with zero attached hydrogens (tertiary/aromatic N) is 2. The van der Waals surface area contributed by atoms with Crippen molar-refractivity contribution in [1.29, 1.82) is 5.26 Å². The molecular weight excluding hydrogens is 202 g/mol. The first-order chi connectivity index (χ1) is 6.33. The summed E-state index contributed by atoms with van der Waals surface area (Å²) in [5.41, 5.74) is 0. The molecule has 14 heavy (non-hydrogen) atoms. The minimum absolute atomic E-state index is 0.0444. The van der Waals surface area contributed by atoms with Gasteiger partial charge in [0.05, 0.1) is 12.5 Å². The summed E-state index contributed by atoms with van der Waals surface area (Å²) in [5, 5.41) is 8.36. The lowest BCUT2D eigenvalue weighted by Crippen LogP contribution is -2.36. The highest BCUT2D eigenvalue weighted by molar-refractivity contribution is 7.62. The number of nitriles is 1. The van der Waals surface area contributed by atoms with Crippen LogP contribution < -0.4 is 0 Å². The predicted molar refractivity (Wildman–Crippen MR) is 57.5 cm³/mol. The van der Waals surface area contributed by atoms with Crippen LogP contribution in [0.2, 0.25) is 0 Å². The van der Waals surface area contributed by atoms with Gasteiger partial charge in [-0.3, -0.25) is 0 Å². The van der Waals surface area contributed by atoms with Crippen LogP contribution in [0.3, 0.4) is 0 Å². The van der Waals surface area contributed by atoms with Gasteiger partial charge in [-0.2, -0.15) is 10.2 Å². The lowest BCUT2D eigenvalue weighted by molar-refractivity contribution is 0.262. The van der Waals surface area contributed by atoms with Gasteiger partial charge in [-0.15, -0.1) is 4.67 Å². The summed E-state index contributed by atoms with van der Waals surface area (Å²) in [6.45, 7) is 7.38. The number of hydrogen-bond donors (Lipinski definition) is 1. The van der Waals surface area contributed by atoms with Crippen molar-refractivity contribution in [1.82, 2.24) is 4.67 Å². The number of hydrogen-bond acceptors (Lipinski definition) is 3. The highest BCUT2D eigenvalue weighted by atomic mass is 31.2. The summed E-state index contributed by atoms with van der Waals surface area (Å²) in [4.78, 5) is 9.67. The molecule has 0 rings (SSSR count). The molecule has 0 bridgehead atoms. The Morgan fingerprint density at radius 3 is 2.07 bits per heavy atom. The van der Waals surface area contributed by atoms with Gasteiger partial charge in [0.1, 0.15) is 6.16 Å². The summed E-state index contributed by atoms with van der Waals surface area (Å²) in [6, 6.07) is 1.77. The van der Waals surface area contributed by atoms with Crippen molar-refractivity contribution in [2.45, 2.75) is 46.2 Å². The van der Waals surface area contributed by atoms with E-state index < -0.39 is 7.95 Å². The Balaban J connectivity index is 4.55. The molecule has 3 nitrogen and oxygen atoms in total. The molecule has 1 N–H and O–H groups in total. The third kappa shape index (κ3) is 3.88. The smallest absolute Gasteiger partial charge is 0.198 e. The molecule has 5 heteroatoms. The number of halogens is 1. The summed E-state index contributed by atoms with van der Waals surface area (Å²) < 4.78 is 15.4. The quantitative estimate of drug-likeness (QED) is 0.726. The maximum atomic E-state index is 13.9. The molecule has 82 valence electrons. The van der Waals surface area contributed by atoms with E-state index in [4.69, 9.17) is 5.26 Å². The zero-order valence-corrected chi connectivity index (χ0v) is 10.1. The molecule has 0 aliphatic carbocycles. The Kier molecular flexibility index (Phi) is 5.51. The molecule has 0 spiro atoms. The Labute approximate surface area is 86.1 Å². The zero-order valence-electron chi connectivity index (χ0n) is 9.24. The molecule has 0 heterocycles. The van der Waals surface area contributed by atoms with Gasteiger partial charge in [-0.1, -0.05) is 0 Å². The second kappa shape index (κ2) is 5.60. The fraction of sp³-hybridized carbons (Fsp3) is 0.889. The van der Waals surface area contributed by atoms with Crippen molar-refractivity contribution < 1.29 is 9.09 Å². The highest BCUT2D eigenvalue weighted by Crippen LogP contribution is 2.61. The maximum absolute atomic E-state index is 13.9. The van der Waals surface area contributed by atoms with E-state index in [1.54, 1.807) is 0 Å². The highest BCUT2D eigenvalue weighted by Gasteiger charge is 2.48. The van der Waals surface area contributed by atoms with E-state index in [2.05, 4.69) is 0 Å². The minimum atomic E-state index is -3.57. The van der Waals surface area contributed by atoms with E-state index in [1.807, 2.05) is 33.8 Å². The van der Waals surface area contributed by atoms with E-state index in [0.717, 1.165) is 0 Å². The normalized spacial score (nSPS) is 16.0. The maximum Gasteiger partial charge on any atom is 0.405 e. The van der Waals surface area contributed by atoms with Gasteiger partial charge in [0, 0.05) is 12.1 Å². The second-order valence-corrected chi connectivity index (χ2v) is 6.04. The molecule has 0 aliphatic heterocycles. The molecule has 1 unspecified atom stereocenters. The van der Waals surface area contributed by atoms with Crippen molar-refractivity contribution in [3.05, 3.63) is 0 Å². The molecule has 0 amide bonds. The van der Waals surface area contributed by atoms with Crippen molar-refractivity contribution in [2.24, 2.45) is 0 Å². The minimum Gasteiger partial charge on any atom is -0.198 e. The molecular formula is C9H19FN2OP+. The van der Waals surface area contributed by atoms with Crippen molar-refractivity contribution in [2.75, 3.05) is 6.16 Å². The van der Waals surface area contributed by atoms with E-state index in [0.29, 0.717) is 0 Å². The second-order valence-electron chi connectivity index (χ2n) is 3.84. The van der Waals surface area contributed by atoms with Crippen LogP contribution in [-0.2, 0) is 0 Å². The van der Waals surface area contributed by atoms with Crippen LogP contribution >= 0.6 is 7.95 Å². The van der Waals surface area contributed by atoms with Crippen molar-refractivity contribution in [3.63, 3.8) is 0 Å². The van der Waals surface area contributed by atoms with Gasteiger partial charge in [0.2, 0.25) is 0 Å². The molecule has 0 aromatic rings. The van der Waals surface area contributed by atoms with Crippen LogP contribution in [0.15, 0.2) is 0 Å². The summed E-state index contributed by atoms with van der Waals surface area (Å²) >= 11 is 0. The molecule has 0 aromatic carbocycles. The first kappa shape index (κ1) is 13.8. The zero-order chi connectivity index (χ0) is 11.4. The SMILES string of the molecule is CC(C)N(C(C)C)[P+](O)(F)CCC#N. The first-order valence-corrected chi connectivity index (χ1v) is 6.56. The van der Waals surface area contributed by atoms with Crippen molar-refractivity contribution >= 4 is 7.95 Å². The van der Waals surface area contributed by atoms with Gasteiger partial charge < -0.3 is 0 Å². The molecule has 0 saturated heterocycles. The molecule has 0 fully saturated rings. The average molecular weight is 221 g/mol. The van der Waals surface area contributed by atoms with Gasteiger partial charge in [-0.25, -0.2) is 0 Å². The molecule has 0 saturated carbocycles. The molecule has 0 aliphatic rings. The Bertz CT molecular complexity index is 205. The van der Waals surface area contributed by atoms with Crippen LogP contribution in [-0.4, -0.2) is 27.8 Å². The van der Waals surface area contributed by atoms with Gasteiger partial charge in [0.15, 0.2) is 0 Å². The summed E-state index contributed by atoms with van der Waals surface area (Å²) in [6.07, 6.45) is 0.0105. The third-order valence-corrected chi connectivity index (χ3v) is 4.34. The predicted octanol–water partition coefficient (Wildman–Crippen LogP) is 2.74. The molecule has 0 radical (unpaired) electrons. The Morgan fingerprint density at radius 1 is 1.36 bits per heavy atom. The summed E-state index contributed by atoms with van der Waals surface area (Å²) in [5.74, 6) is 0. The molecule has 0 aromatic heterocycles. The van der Waals surface area contributed by atoms with E-state index in [9.17, 15) is 9.09 Å². The fourth-order valence-electron chi connectivity index (χ4n) is 1.61. The van der Waals surface area contributed by atoms with Gasteiger partial charge >= 0.3 is 7.95 Å². The van der Waals surface area contributed by atoms with Crippen LogP contribution in [0, 0.1) is 11.3 Å². The van der Waals surface area contributed by atoms with Crippen LogP contribution in [0.5, 0.6) is 0 Å². The monoisotopic (exact) mass is 221 g/mol. The lowest BCUT2D eigenvalue weighted by atomic mass is 10.3. The lowest BCUT2D eigenvalue weighted by Gasteiger charge is -2.29. The topological polar surface area (TPSA) is 47.3 Å². The van der Waals surface area contributed by atoms with Crippen molar-refractivity contribution in [3.8, 4) is 6.07 Å². The number of rotatable bonds is 5. The Morgan fingerprint density at radius 2 is 1.79 bits per heavy atom. The largest absolute Gasteiger partial charge is 0.405 e. The third-order valence-electron chi connectivity index (χ3n) is 1.92. The van der Waals surface area contributed by atoms with Crippen LogP contribution in [0.4, 0.5) is 4.20 Å². The first-order valence-electron chi connectivity index (χ1n) is 4.79.